The second kappa shape index (κ2) is 12.5. The molecular formula is C26H25F2N3O6. The van der Waals surface area contributed by atoms with E-state index in [0.29, 0.717) is 22.6 Å². The van der Waals surface area contributed by atoms with Crippen LogP contribution < -0.4 is 20.5 Å². The van der Waals surface area contributed by atoms with Gasteiger partial charge in [-0.3, -0.25) is 4.79 Å². The number of amides is 2. The number of hydrogen-bond donors (Lipinski definition) is 3. The lowest BCUT2D eigenvalue weighted by Gasteiger charge is -2.19. The van der Waals surface area contributed by atoms with Crippen LogP contribution in [0, 0.1) is 11.6 Å². The average Bonchev–Trinajstić information content (AvgIpc) is 2.86. The number of rotatable bonds is 10. The summed E-state index contributed by atoms with van der Waals surface area (Å²) in [5.74, 6) is -2.09. The van der Waals surface area contributed by atoms with Crippen LogP contribution in [-0.4, -0.2) is 36.7 Å². The van der Waals surface area contributed by atoms with Crippen LogP contribution in [0.5, 0.6) is 17.2 Å². The molecule has 11 heteroatoms. The number of carbonyl (C=O) groups excluding carboxylic acids is 1. The summed E-state index contributed by atoms with van der Waals surface area (Å²) in [4.78, 5) is 26.7. The van der Waals surface area contributed by atoms with Crippen molar-refractivity contribution < 1.29 is 37.7 Å². The van der Waals surface area contributed by atoms with Gasteiger partial charge in [-0.15, -0.1) is 0 Å². The maximum Gasteiger partial charge on any atom is 0.433 e. The molecule has 0 spiro atoms. The smallest absolute Gasteiger partial charge is 0.433 e. The Balaban J connectivity index is 1.73. The van der Waals surface area contributed by atoms with Crippen LogP contribution in [-0.2, 0) is 16.1 Å². The fourth-order valence-corrected chi connectivity index (χ4v) is 3.35. The quantitative estimate of drug-likeness (QED) is 0.268. The van der Waals surface area contributed by atoms with Crippen molar-refractivity contribution in [2.75, 3.05) is 13.7 Å². The lowest BCUT2D eigenvalue weighted by molar-refractivity contribution is -0.133. The first-order chi connectivity index (χ1) is 17.7. The number of methoxy groups -OCH3 is 1. The van der Waals surface area contributed by atoms with E-state index in [1.807, 2.05) is 0 Å². The van der Waals surface area contributed by atoms with Crippen molar-refractivity contribution in [3.05, 3.63) is 89.0 Å². The third kappa shape index (κ3) is 7.24. The van der Waals surface area contributed by atoms with Gasteiger partial charge in [0.2, 0.25) is 0 Å². The number of ether oxygens (including phenoxy) is 3. The van der Waals surface area contributed by atoms with Crippen molar-refractivity contribution in [2.45, 2.75) is 19.6 Å². The summed E-state index contributed by atoms with van der Waals surface area (Å²) in [5.41, 5.74) is 6.06. The molecule has 0 saturated heterocycles. The molecule has 3 aromatic carbocycles. The molecule has 1 atom stereocenters. The van der Waals surface area contributed by atoms with Crippen LogP contribution in [0.15, 0.2) is 65.7 Å². The van der Waals surface area contributed by atoms with Crippen LogP contribution in [0.3, 0.4) is 0 Å². The molecular weight excluding hydrogens is 488 g/mol. The molecule has 0 fully saturated rings. The third-order valence-electron chi connectivity index (χ3n) is 5.11. The predicted octanol–water partition coefficient (Wildman–Crippen LogP) is 4.54. The summed E-state index contributed by atoms with van der Waals surface area (Å²) in [5, 5.41) is 11.3. The topological polar surface area (TPSA) is 132 Å². The number of halogens is 2. The average molecular weight is 513 g/mol. The highest BCUT2D eigenvalue weighted by Crippen LogP contribution is 2.31. The van der Waals surface area contributed by atoms with Gasteiger partial charge in [0.15, 0.2) is 6.10 Å². The normalized spacial score (nSPS) is 12.1. The van der Waals surface area contributed by atoms with E-state index < -0.39 is 35.3 Å². The third-order valence-corrected chi connectivity index (χ3v) is 5.11. The van der Waals surface area contributed by atoms with E-state index in [1.54, 1.807) is 43.3 Å². The second-order valence-corrected chi connectivity index (χ2v) is 7.61. The lowest BCUT2D eigenvalue weighted by Crippen LogP contribution is -2.31. The Morgan fingerprint density at radius 2 is 1.59 bits per heavy atom. The van der Waals surface area contributed by atoms with E-state index in [2.05, 4.69) is 10.3 Å². The minimum atomic E-state index is -1.54. The number of nitrogens with one attached hydrogen (secondary N) is 1. The molecule has 1 unspecified atom stereocenters. The summed E-state index contributed by atoms with van der Waals surface area (Å²) in [6.45, 7) is 1.64. The maximum absolute atomic E-state index is 15.0. The highest BCUT2D eigenvalue weighted by Gasteiger charge is 2.28. The molecule has 194 valence electrons. The minimum Gasteiger partial charge on any atom is -0.497 e. The van der Waals surface area contributed by atoms with Crippen LogP contribution >= 0.6 is 0 Å². The van der Waals surface area contributed by atoms with E-state index in [1.165, 1.54) is 19.2 Å². The molecule has 3 rings (SSSR count). The Hall–Kier alpha value is -4.51. The molecule has 0 bridgehead atoms. The second-order valence-electron chi connectivity index (χ2n) is 7.61. The number of nitrogens with two attached hydrogens (primary N) is 1. The van der Waals surface area contributed by atoms with Gasteiger partial charge in [-0.05, 0) is 36.8 Å². The zero-order valence-corrected chi connectivity index (χ0v) is 20.0. The molecule has 0 heterocycles. The van der Waals surface area contributed by atoms with Crippen molar-refractivity contribution in [3.63, 3.8) is 0 Å². The van der Waals surface area contributed by atoms with Crippen LogP contribution in [0.2, 0.25) is 0 Å². The molecule has 9 nitrogen and oxygen atoms in total. The van der Waals surface area contributed by atoms with Crippen LogP contribution in [0.1, 0.15) is 29.7 Å². The van der Waals surface area contributed by atoms with Gasteiger partial charge < -0.3 is 30.4 Å². The molecule has 0 aliphatic carbocycles. The molecule has 2 amide bonds. The van der Waals surface area contributed by atoms with Gasteiger partial charge in [0.25, 0.3) is 5.91 Å². The Bertz CT molecular complexity index is 1260. The molecule has 3 aromatic rings. The standard InChI is InChI=1S/C26H25F2N3O6/c1-3-36-23(25(32)30-14-15-4-6-16(7-5-15)24(29)31-26(33)34)22-20(27)12-19(13-21(22)28)37-18-10-8-17(35-2)9-11-18/h4-13,23H,3,14H2,1-2H3,(H2,29,31)(H,30,32)(H,33,34). The molecule has 0 aliphatic heterocycles. The Kier molecular flexibility index (Phi) is 9.11. The van der Waals surface area contributed by atoms with Crippen LogP contribution in [0.4, 0.5) is 13.6 Å². The number of amidine groups is 1. The van der Waals surface area contributed by atoms with Gasteiger partial charge in [-0.25, -0.2) is 13.6 Å². The van der Waals surface area contributed by atoms with E-state index in [4.69, 9.17) is 25.1 Å². The van der Waals surface area contributed by atoms with E-state index in [-0.39, 0.29) is 24.7 Å². The molecule has 37 heavy (non-hydrogen) atoms. The number of hydrogen-bond acceptors (Lipinski definition) is 5. The maximum atomic E-state index is 15.0. The van der Waals surface area contributed by atoms with Crippen molar-refractivity contribution >= 4 is 17.8 Å². The van der Waals surface area contributed by atoms with Gasteiger partial charge in [-0.2, -0.15) is 4.99 Å². The van der Waals surface area contributed by atoms with Gasteiger partial charge in [0.05, 0.1) is 12.7 Å². The molecule has 0 aliphatic rings. The molecule has 4 N–H and O–H groups in total. The Labute approximate surface area is 211 Å². The molecule has 0 aromatic heterocycles. The zero-order valence-electron chi connectivity index (χ0n) is 20.0. The SMILES string of the molecule is CCOC(C(=O)NCc1ccc(/C(N)=N\C(=O)O)cc1)c1c(F)cc(Oc2ccc(OC)cc2)cc1F. The summed E-state index contributed by atoms with van der Waals surface area (Å²) in [7, 11) is 1.51. The van der Waals surface area contributed by atoms with E-state index in [9.17, 15) is 18.4 Å². The van der Waals surface area contributed by atoms with Gasteiger partial charge in [-0.1, -0.05) is 24.3 Å². The van der Waals surface area contributed by atoms with Crippen LogP contribution in [0.25, 0.3) is 0 Å². The monoisotopic (exact) mass is 513 g/mol. The fraction of sp³-hybridized carbons (Fsp3) is 0.192. The van der Waals surface area contributed by atoms with Gasteiger partial charge >= 0.3 is 6.09 Å². The highest BCUT2D eigenvalue weighted by molar-refractivity contribution is 6.02. The largest absolute Gasteiger partial charge is 0.497 e. The van der Waals surface area contributed by atoms with Gasteiger partial charge in [0, 0.05) is 30.8 Å². The zero-order chi connectivity index (χ0) is 26.9. The number of benzene rings is 3. The first-order valence-electron chi connectivity index (χ1n) is 11.1. The summed E-state index contributed by atoms with van der Waals surface area (Å²) >= 11 is 0. The molecule has 0 saturated carbocycles. The highest BCUT2D eigenvalue weighted by atomic mass is 19.1. The molecule has 0 radical (unpaired) electrons. The van der Waals surface area contributed by atoms with Crippen molar-refractivity contribution in [1.82, 2.24) is 5.32 Å². The minimum absolute atomic E-state index is 0.0145. The summed E-state index contributed by atoms with van der Waals surface area (Å²) in [6.07, 6.45) is -2.96. The number of aliphatic imine (C=N–C) groups is 1. The Morgan fingerprint density at radius 3 is 2.14 bits per heavy atom. The van der Waals surface area contributed by atoms with Crippen molar-refractivity contribution in [2.24, 2.45) is 10.7 Å². The van der Waals surface area contributed by atoms with E-state index >= 15 is 0 Å². The lowest BCUT2D eigenvalue weighted by atomic mass is 10.1. The number of nitrogens with zero attached hydrogens (tertiary/aromatic N) is 1. The Morgan fingerprint density at radius 1 is 1.00 bits per heavy atom. The fourth-order valence-electron chi connectivity index (χ4n) is 3.35. The first-order valence-corrected chi connectivity index (χ1v) is 11.1. The van der Waals surface area contributed by atoms with Crippen molar-refractivity contribution in [1.29, 1.82) is 0 Å². The van der Waals surface area contributed by atoms with Crippen molar-refractivity contribution in [3.8, 4) is 17.2 Å². The predicted molar refractivity (Wildman–Crippen MR) is 131 cm³/mol. The number of carbonyl (C=O) groups is 2. The van der Waals surface area contributed by atoms with E-state index in [0.717, 1.165) is 12.1 Å². The first kappa shape index (κ1) is 27.1. The summed E-state index contributed by atoms with van der Waals surface area (Å²) in [6, 6.07) is 14.7. The summed E-state index contributed by atoms with van der Waals surface area (Å²) < 4.78 is 45.9. The number of carboxylic acid groups (broad SMARTS) is 1. The van der Waals surface area contributed by atoms with Gasteiger partial charge in [0.1, 0.15) is 34.7 Å².